The number of halogens is 3. The predicted octanol–water partition coefficient (Wildman–Crippen LogP) is 4.62. The van der Waals surface area contributed by atoms with E-state index in [1.807, 2.05) is 0 Å². The van der Waals surface area contributed by atoms with E-state index in [1.165, 1.54) is 6.07 Å². The van der Waals surface area contributed by atoms with Crippen LogP contribution in [-0.2, 0) is 6.54 Å². The van der Waals surface area contributed by atoms with Crippen LogP contribution in [0.3, 0.4) is 0 Å². The van der Waals surface area contributed by atoms with Crippen molar-refractivity contribution in [3.05, 3.63) is 63.9 Å². The van der Waals surface area contributed by atoms with E-state index in [0.29, 0.717) is 26.4 Å². The molecular formula is C14H11Cl2FN2S. The highest BCUT2D eigenvalue weighted by Gasteiger charge is 2.05. The third kappa shape index (κ3) is 4.07. The second kappa shape index (κ2) is 6.88. The Labute approximate surface area is 131 Å². The summed E-state index contributed by atoms with van der Waals surface area (Å²) in [5.41, 5.74) is 1.14. The molecule has 2 aromatic carbocycles. The Bertz CT molecular complexity index is 634. The van der Waals surface area contributed by atoms with Crippen LogP contribution >= 0.6 is 35.4 Å². The SMILES string of the molecule is Fc1ccccc1CNC(=S)Nc1cc(Cl)ccc1Cl. The average Bonchev–Trinajstić information content (AvgIpc) is 2.42. The molecule has 2 aromatic rings. The molecule has 0 aliphatic heterocycles. The molecule has 0 bridgehead atoms. The van der Waals surface area contributed by atoms with Crippen LogP contribution in [0.25, 0.3) is 0 Å². The number of rotatable bonds is 3. The molecule has 0 unspecified atom stereocenters. The van der Waals surface area contributed by atoms with Gasteiger partial charge in [0.1, 0.15) is 5.82 Å². The van der Waals surface area contributed by atoms with Crippen LogP contribution in [0.5, 0.6) is 0 Å². The summed E-state index contributed by atoms with van der Waals surface area (Å²) < 4.78 is 13.4. The number of hydrogen-bond acceptors (Lipinski definition) is 1. The number of benzene rings is 2. The molecule has 0 aliphatic carbocycles. The molecule has 0 atom stereocenters. The van der Waals surface area contributed by atoms with Gasteiger partial charge in [0.05, 0.1) is 10.7 Å². The van der Waals surface area contributed by atoms with Crippen LogP contribution in [0.2, 0.25) is 10.0 Å². The maximum Gasteiger partial charge on any atom is 0.171 e. The van der Waals surface area contributed by atoms with Gasteiger partial charge >= 0.3 is 0 Å². The highest BCUT2D eigenvalue weighted by molar-refractivity contribution is 7.80. The van der Waals surface area contributed by atoms with Crippen LogP contribution in [-0.4, -0.2) is 5.11 Å². The van der Waals surface area contributed by atoms with Crippen molar-refractivity contribution in [3.63, 3.8) is 0 Å². The Hall–Kier alpha value is -1.36. The summed E-state index contributed by atoms with van der Waals surface area (Å²) in [5.74, 6) is -0.274. The van der Waals surface area contributed by atoms with Gasteiger partial charge in [0.2, 0.25) is 0 Å². The van der Waals surface area contributed by atoms with Gasteiger partial charge in [-0.15, -0.1) is 0 Å². The fraction of sp³-hybridized carbons (Fsp3) is 0.0714. The first kappa shape index (κ1) is 15.0. The van der Waals surface area contributed by atoms with Crippen molar-refractivity contribution in [2.75, 3.05) is 5.32 Å². The number of nitrogens with one attached hydrogen (secondary N) is 2. The minimum atomic E-state index is -0.274. The van der Waals surface area contributed by atoms with E-state index in [0.717, 1.165) is 0 Å². The molecule has 0 saturated heterocycles. The fourth-order valence-electron chi connectivity index (χ4n) is 1.58. The smallest absolute Gasteiger partial charge is 0.171 e. The topological polar surface area (TPSA) is 24.1 Å². The summed E-state index contributed by atoms with van der Waals surface area (Å²) in [7, 11) is 0. The third-order valence-corrected chi connectivity index (χ3v) is 3.38. The molecule has 0 amide bonds. The monoisotopic (exact) mass is 328 g/mol. The highest BCUT2D eigenvalue weighted by Crippen LogP contribution is 2.25. The number of hydrogen-bond donors (Lipinski definition) is 2. The molecule has 2 nitrogen and oxygen atoms in total. The molecule has 0 fully saturated rings. The van der Waals surface area contributed by atoms with Crippen molar-refractivity contribution >= 4 is 46.2 Å². The molecule has 2 rings (SSSR count). The van der Waals surface area contributed by atoms with E-state index < -0.39 is 0 Å². The van der Waals surface area contributed by atoms with Gasteiger partial charge in [-0.3, -0.25) is 0 Å². The van der Waals surface area contributed by atoms with Gasteiger partial charge in [-0.2, -0.15) is 0 Å². The normalized spacial score (nSPS) is 10.2. The first-order chi connectivity index (χ1) is 9.56. The van der Waals surface area contributed by atoms with Gasteiger partial charge in [0, 0.05) is 17.1 Å². The van der Waals surface area contributed by atoms with Crippen molar-refractivity contribution in [3.8, 4) is 0 Å². The fourth-order valence-corrected chi connectivity index (χ4v) is 2.10. The Balaban J connectivity index is 1.96. The van der Waals surface area contributed by atoms with Crippen molar-refractivity contribution in [2.24, 2.45) is 0 Å². The van der Waals surface area contributed by atoms with E-state index >= 15 is 0 Å². The van der Waals surface area contributed by atoms with Gasteiger partial charge in [-0.1, -0.05) is 41.4 Å². The molecule has 0 aromatic heterocycles. The maximum absolute atomic E-state index is 13.4. The van der Waals surface area contributed by atoms with Crippen LogP contribution in [0.15, 0.2) is 42.5 Å². The molecule has 0 radical (unpaired) electrons. The van der Waals surface area contributed by atoms with Gasteiger partial charge < -0.3 is 10.6 Å². The zero-order valence-corrected chi connectivity index (χ0v) is 12.6. The summed E-state index contributed by atoms with van der Waals surface area (Å²) in [6, 6.07) is 11.5. The predicted molar refractivity (Wildman–Crippen MR) is 85.9 cm³/mol. The molecule has 0 saturated carbocycles. The zero-order chi connectivity index (χ0) is 14.5. The standard InChI is InChI=1S/C14H11Cl2FN2S/c15-10-5-6-11(16)13(7-10)19-14(20)18-8-9-3-1-2-4-12(9)17/h1-7H,8H2,(H2,18,19,20). The molecule has 104 valence electrons. The quantitative estimate of drug-likeness (QED) is 0.804. The van der Waals surface area contributed by atoms with Gasteiger partial charge in [-0.25, -0.2) is 4.39 Å². The lowest BCUT2D eigenvalue weighted by atomic mass is 10.2. The van der Waals surface area contributed by atoms with E-state index in [9.17, 15) is 4.39 Å². The van der Waals surface area contributed by atoms with Gasteiger partial charge in [0.15, 0.2) is 5.11 Å². The van der Waals surface area contributed by atoms with Crippen molar-refractivity contribution in [1.82, 2.24) is 5.32 Å². The Morgan fingerprint density at radius 2 is 1.90 bits per heavy atom. The Morgan fingerprint density at radius 3 is 2.65 bits per heavy atom. The Morgan fingerprint density at radius 1 is 1.15 bits per heavy atom. The molecule has 0 aliphatic rings. The van der Waals surface area contributed by atoms with Gasteiger partial charge in [0.25, 0.3) is 0 Å². The van der Waals surface area contributed by atoms with Crippen LogP contribution < -0.4 is 10.6 Å². The first-order valence-corrected chi connectivity index (χ1v) is 6.96. The van der Waals surface area contributed by atoms with Crippen molar-refractivity contribution in [1.29, 1.82) is 0 Å². The summed E-state index contributed by atoms with van der Waals surface area (Å²) in [5, 5.41) is 7.23. The van der Waals surface area contributed by atoms with E-state index in [1.54, 1.807) is 36.4 Å². The highest BCUT2D eigenvalue weighted by atomic mass is 35.5. The lowest BCUT2D eigenvalue weighted by Crippen LogP contribution is -2.28. The van der Waals surface area contributed by atoms with Crippen LogP contribution in [0.1, 0.15) is 5.56 Å². The maximum atomic E-state index is 13.4. The first-order valence-electron chi connectivity index (χ1n) is 5.79. The minimum Gasteiger partial charge on any atom is -0.358 e. The van der Waals surface area contributed by atoms with Gasteiger partial charge in [-0.05, 0) is 36.5 Å². The summed E-state index contributed by atoms with van der Waals surface area (Å²) >= 11 is 17.0. The third-order valence-electron chi connectivity index (χ3n) is 2.57. The molecule has 20 heavy (non-hydrogen) atoms. The number of anilines is 1. The lowest BCUT2D eigenvalue weighted by Gasteiger charge is -2.12. The summed E-state index contributed by atoms with van der Waals surface area (Å²) in [4.78, 5) is 0. The van der Waals surface area contributed by atoms with Crippen LogP contribution in [0.4, 0.5) is 10.1 Å². The van der Waals surface area contributed by atoms with Crippen molar-refractivity contribution < 1.29 is 4.39 Å². The van der Waals surface area contributed by atoms with Crippen molar-refractivity contribution in [2.45, 2.75) is 6.54 Å². The molecule has 2 N–H and O–H groups in total. The minimum absolute atomic E-state index is 0.274. The second-order valence-corrected chi connectivity index (χ2v) is 5.28. The summed E-state index contributed by atoms with van der Waals surface area (Å²) in [6.45, 7) is 0.288. The summed E-state index contributed by atoms with van der Waals surface area (Å²) in [6.07, 6.45) is 0. The van der Waals surface area contributed by atoms with E-state index in [2.05, 4.69) is 10.6 Å². The van der Waals surface area contributed by atoms with E-state index in [4.69, 9.17) is 35.4 Å². The molecule has 6 heteroatoms. The second-order valence-electron chi connectivity index (χ2n) is 4.02. The molecule has 0 heterocycles. The molecular weight excluding hydrogens is 318 g/mol. The van der Waals surface area contributed by atoms with E-state index in [-0.39, 0.29) is 12.4 Å². The molecule has 0 spiro atoms. The van der Waals surface area contributed by atoms with Crippen LogP contribution in [0, 0.1) is 5.82 Å². The number of thiocarbonyl (C=S) groups is 1. The lowest BCUT2D eigenvalue weighted by molar-refractivity contribution is 0.606. The Kier molecular flexibility index (Phi) is 5.17. The average molecular weight is 329 g/mol. The zero-order valence-electron chi connectivity index (χ0n) is 10.3. The largest absolute Gasteiger partial charge is 0.358 e.